The molecule has 3 heteroatoms. The van der Waals surface area contributed by atoms with Crippen LogP contribution in [0.3, 0.4) is 0 Å². The average molecular weight is 278 g/mol. The highest BCUT2D eigenvalue weighted by Gasteiger charge is 2.40. The van der Waals surface area contributed by atoms with E-state index in [-0.39, 0.29) is 17.3 Å². The van der Waals surface area contributed by atoms with E-state index in [0.717, 1.165) is 19.3 Å². The van der Waals surface area contributed by atoms with Gasteiger partial charge in [0.2, 0.25) is 0 Å². The van der Waals surface area contributed by atoms with Gasteiger partial charge in [0, 0.05) is 18.8 Å². The molecule has 1 rings (SSSR count). The Kier molecular flexibility index (Phi) is 5.73. The molecule has 0 bridgehead atoms. The molecule has 0 aliphatic heterocycles. The van der Waals surface area contributed by atoms with Crippen LogP contribution in [0, 0.1) is 11.3 Å². The van der Waals surface area contributed by atoms with Crippen LogP contribution in [0.1, 0.15) is 53.4 Å². The summed E-state index contributed by atoms with van der Waals surface area (Å²) < 4.78 is 4.90. The molecule has 0 aromatic carbocycles. The first-order valence-electron chi connectivity index (χ1n) is 7.25. The minimum atomic E-state index is -0.300. The molecule has 1 aliphatic carbocycles. The highest BCUT2D eigenvalue weighted by molar-refractivity contribution is 5.86. The lowest BCUT2D eigenvalue weighted by molar-refractivity contribution is -0.139. The number of hydrogen-bond acceptors (Lipinski definition) is 3. The number of carbonyl (C=O) groups excluding carboxylic acids is 2. The lowest BCUT2D eigenvalue weighted by Gasteiger charge is -2.39. The van der Waals surface area contributed by atoms with Gasteiger partial charge in [-0.15, -0.1) is 0 Å². The summed E-state index contributed by atoms with van der Waals surface area (Å²) in [6.45, 7) is 12.0. The maximum absolute atomic E-state index is 12.1. The fraction of sp³-hybridized carbons (Fsp3) is 0.647. The van der Waals surface area contributed by atoms with Crippen LogP contribution < -0.4 is 0 Å². The summed E-state index contributed by atoms with van der Waals surface area (Å²) in [4.78, 5) is 22.7. The summed E-state index contributed by atoms with van der Waals surface area (Å²) in [6.07, 6.45) is 5.22. The van der Waals surface area contributed by atoms with Gasteiger partial charge >= 0.3 is 5.97 Å². The minimum Gasteiger partial charge on any atom is -0.462 e. The van der Waals surface area contributed by atoms with E-state index in [1.807, 2.05) is 26.8 Å². The molecular formula is C17H26O3. The van der Waals surface area contributed by atoms with Crippen LogP contribution in [-0.4, -0.2) is 18.4 Å². The molecule has 1 fully saturated rings. The van der Waals surface area contributed by atoms with Gasteiger partial charge in [-0.05, 0) is 38.2 Å². The van der Waals surface area contributed by atoms with Gasteiger partial charge in [0.1, 0.15) is 12.4 Å². The highest BCUT2D eigenvalue weighted by Crippen LogP contribution is 2.43. The van der Waals surface area contributed by atoms with Gasteiger partial charge in [0.15, 0.2) is 0 Å². The summed E-state index contributed by atoms with van der Waals surface area (Å²) in [5.41, 5.74) is 2.08. The number of ether oxygens (including phenoxy) is 1. The van der Waals surface area contributed by atoms with Crippen molar-refractivity contribution < 1.29 is 14.3 Å². The molecule has 1 aliphatic rings. The Hall–Kier alpha value is -1.38. The molecule has 112 valence electrons. The van der Waals surface area contributed by atoms with E-state index in [4.69, 9.17) is 4.74 Å². The van der Waals surface area contributed by atoms with Gasteiger partial charge in [-0.1, -0.05) is 31.6 Å². The van der Waals surface area contributed by atoms with Crippen molar-refractivity contribution in [2.45, 2.75) is 53.4 Å². The van der Waals surface area contributed by atoms with Crippen LogP contribution in [0.25, 0.3) is 0 Å². The molecule has 0 radical (unpaired) electrons. The molecule has 1 atom stereocenters. The second kappa shape index (κ2) is 6.87. The Morgan fingerprint density at radius 1 is 1.40 bits per heavy atom. The van der Waals surface area contributed by atoms with E-state index >= 15 is 0 Å². The number of Topliss-reactive ketones (excluding diaryl/α,β-unsaturated/α-hetero) is 1. The lowest BCUT2D eigenvalue weighted by atomic mass is 9.64. The maximum Gasteiger partial charge on any atom is 0.302 e. The van der Waals surface area contributed by atoms with Crippen molar-refractivity contribution in [2.75, 3.05) is 6.61 Å². The number of esters is 1. The van der Waals surface area contributed by atoms with Gasteiger partial charge in [-0.3, -0.25) is 9.59 Å². The van der Waals surface area contributed by atoms with Crippen molar-refractivity contribution >= 4 is 11.8 Å². The van der Waals surface area contributed by atoms with Crippen LogP contribution >= 0.6 is 0 Å². The molecule has 0 unspecified atom stereocenters. The quantitative estimate of drug-likeness (QED) is 0.567. The molecule has 3 nitrogen and oxygen atoms in total. The van der Waals surface area contributed by atoms with Crippen LogP contribution in [0.15, 0.2) is 23.8 Å². The standard InChI is InChI=1S/C17H26O3/c1-12(10-11-20-14(3)18)6-8-15-13(2)7-9-16(19)17(15,4)5/h10,15H,2,6-9,11H2,1,3-5H3/b12-10+/t15-/m1/s1. The smallest absolute Gasteiger partial charge is 0.302 e. The first kappa shape index (κ1) is 16.7. The third-order valence-electron chi connectivity index (χ3n) is 4.30. The van der Waals surface area contributed by atoms with Gasteiger partial charge in [-0.25, -0.2) is 0 Å². The van der Waals surface area contributed by atoms with Crippen LogP contribution in [-0.2, 0) is 14.3 Å². The number of ketones is 1. The Morgan fingerprint density at radius 2 is 2.05 bits per heavy atom. The predicted molar refractivity (Wildman–Crippen MR) is 80.3 cm³/mol. The number of carbonyl (C=O) groups is 2. The zero-order valence-corrected chi connectivity index (χ0v) is 13.1. The number of allylic oxidation sites excluding steroid dienone is 2. The van der Waals surface area contributed by atoms with E-state index in [2.05, 4.69) is 6.58 Å². The minimum absolute atomic E-state index is 0.251. The van der Waals surface area contributed by atoms with Crippen molar-refractivity contribution in [3.8, 4) is 0 Å². The molecule has 1 saturated carbocycles. The van der Waals surface area contributed by atoms with Gasteiger partial charge in [0.05, 0.1) is 0 Å². The molecule has 0 aromatic heterocycles. The van der Waals surface area contributed by atoms with E-state index in [9.17, 15) is 9.59 Å². The topological polar surface area (TPSA) is 43.4 Å². The molecule has 0 heterocycles. The van der Waals surface area contributed by atoms with E-state index in [0.29, 0.717) is 18.8 Å². The number of rotatable bonds is 5. The summed E-state index contributed by atoms with van der Waals surface area (Å²) >= 11 is 0. The van der Waals surface area contributed by atoms with Crippen LogP contribution in [0.5, 0.6) is 0 Å². The van der Waals surface area contributed by atoms with Crippen molar-refractivity contribution in [2.24, 2.45) is 11.3 Å². The number of hydrogen-bond donors (Lipinski definition) is 0. The summed E-state index contributed by atoms with van der Waals surface area (Å²) in [5.74, 6) is 0.332. The normalized spacial score (nSPS) is 22.8. The second-order valence-corrected chi connectivity index (χ2v) is 6.25. The SMILES string of the molecule is C=C1CCC(=O)C(C)(C)[C@@H]1CC/C(C)=C/COC(C)=O. The zero-order chi connectivity index (χ0) is 15.3. The molecule has 0 N–H and O–H groups in total. The highest BCUT2D eigenvalue weighted by atomic mass is 16.5. The fourth-order valence-electron chi connectivity index (χ4n) is 2.82. The first-order valence-corrected chi connectivity index (χ1v) is 7.25. The Balaban J connectivity index is 2.56. The van der Waals surface area contributed by atoms with Gasteiger partial charge in [0.25, 0.3) is 0 Å². The third-order valence-corrected chi connectivity index (χ3v) is 4.30. The molecule has 0 spiro atoms. The van der Waals surface area contributed by atoms with E-state index in [1.165, 1.54) is 18.1 Å². The van der Waals surface area contributed by atoms with E-state index in [1.54, 1.807) is 0 Å². The third kappa shape index (κ3) is 4.32. The zero-order valence-electron chi connectivity index (χ0n) is 13.1. The van der Waals surface area contributed by atoms with Crippen LogP contribution in [0.4, 0.5) is 0 Å². The second-order valence-electron chi connectivity index (χ2n) is 6.25. The Bertz CT molecular complexity index is 430. The monoisotopic (exact) mass is 278 g/mol. The van der Waals surface area contributed by atoms with Gasteiger partial charge < -0.3 is 4.74 Å². The summed E-state index contributed by atoms with van der Waals surface area (Å²) in [7, 11) is 0. The fourth-order valence-corrected chi connectivity index (χ4v) is 2.82. The van der Waals surface area contributed by atoms with Crippen molar-refractivity contribution in [3.63, 3.8) is 0 Å². The largest absolute Gasteiger partial charge is 0.462 e. The molecular weight excluding hydrogens is 252 g/mol. The molecule has 0 aromatic rings. The molecule has 20 heavy (non-hydrogen) atoms. The summed E-state index contributed by atoms with van der Waals surface area (Å²) in [6, 6.07) is 0. The van der Waals surface area contributed by atoms with Crippen LogP contribution in [0.2, 0.25) is 0 Å². The summed E-state index contributed by atoms with van der Waals surface area (Å²) in [5, 5.41) is 0. The predicted octanol–water partition coefficient (Wildman–Crippen LogP) is 3.84. The maximum atomic E-state index is 12.1. The van der Waals surface area contributed by atoms with E-state index < -0.39 is 0 Å². The van der Waals surface area contributed by atoms with Crippen molar-refractivity contribution in [1.29, 1.82) is 0 Å². The average Bonchev–Trinajstić information content (AvgIpc) is 2.33. The van der Waals surface area contributed by atoms with Crippen molar-refractivity contribution in [1.82, 2.24) is 0 Å². The Morgan fingerprint density at radius 3 is 2.65 bits per heavy atom. The lowest BCUT2D eigenvalue weighted by Crippen LogP contribution is -2.38. The first-order chi connectivity index (χ1) is 9.25. The molecule has 0 saturated heterocycles. The van der Waals surface area contributed by atoms with Crippen molar-refractivity contribution in [3.05, 3.63) is 23.8 Å². The van der Waals surface area contributed by atoms with Gasteiger partial charge in [-0.2, -0.15) is 0 Å². The molecule has 0 amide bonds. The Labute approximate surface area is 122 Å².